The van der Waals surface area contributed by atoms with Crippen molar-refractivity contribution in [1.29, 1.82) is 0 Å². The second kappa shape index (κ2) is 6.90. The van der Waals surface area contributed by atoms with Gasteiger partial charge in [0.15, 0.2) is 0 Å². The first-order valence-electron chi connectivity index (χ1n) is 9.65. The molecule has 0 atom stereocenters. The van der Waals surface area contributed by atoms with Crippen molar-refractivity contribution < 1.29 is 4.39 Å². The third-order valence-corrected chi connectivity index (χ3v) is 6.14. The van der Waals surface area contributed by atoms with E-state index in [0.29, 0.717) is 27.4 Å². The molecule has 4 aromatic rings. The van der Waals surface area contributed by atoms with Crippen LogP contribution in [0.25, 0.3) is 33.3 Å². The molecule has 0 saturated heterocycles. The Labute approximate surface area is 173 Å². The van der Waals surface area contributed by atoms with Crippen LogP contribution in [0, 0.1) is 5.82 Å². The second-order valence-corrected chi connectivity index (χ2v) is 7.98. The van der Waals surface area contributed by atoms with E-state index in [1.54, 1.807) is 18.3 Å². The van der Waals surface area contributed by atoms with Crippen molar-refractivity contribution in [2.75, 3.05) is 0 Å². The number of rotatable bonds is 3. The molecule has 144 valence electrons. The van der Waals surface area contributed by atoms with Crippen molar-refractivity contribution in [2.45, 2.75) is 24.8 Å². The monoisotopic (exact) mass is 403 g/mol. The van der Waals surface area contributed by atoms with Gasteiger partial charge in [0.2, 0.25) is 0 Å². The quantitative estimate of drug-likeness (QED) is 0.421. The van der Waals surface area contributed by atoms with E-state index in [1.165, 1.54) is 6.07 Å². The van der Waals surface area contributed by atoms with Crippen LogP contribution in [-0.4, -0.2) is 9.97 Å². The predicted octanol–water partition coefficient (Wildman–Crippen LogP) is 6.09. The Hall–Kier alpha value is -2.82. The lowest BCUT2D eigenvalue weighted by Crippen LogP contribution is -2.43. The van der Waals surface area contributed by atoms with E-state index in [-0.39, 0.29) is 11.4 Å². The first kappa shape index (κ1) is 18.2. The zero-order valence-corrected chi connectivity index (χ0v) is 16.5. The number of hydrogen-bond donors (Lipinski definition) is 1. The average molecular weight is 404 g/mol. The summed E-state index contributed by atoms with van der Waals surface area (Å²) in [7, 11) is 0. The molecule has 2 N–H and O–H groups in total. The van der Waals surface area contributed by atoms with Crippen LogP contribution in [0.5, 0.6) is 0 Å². The van der Waals surface area contributed by atoms with Crippen LogP contribution in [-0.2, 0) is 5.54 Å². The van der Waals surface area contributed by atoms with Gasteiger partial charge in [0.1, 0.15) is 11.0 Å². The SMILES string of the molecule is NC1(c2ccc(-c3nc4ccnc(Cl)c4cc3-c3ccccc3F)cc2)CCC1. The molecule has 2 aromatic carbocycles. The molecule has 0 unspecified atom stereocenters. The number of benzene rings is 2. The maximum absolute atomic E-state index is 14.7. The van der Waals surface area contributed by atoms with Gasteiger partial charge in [0.25, 0.3) is 0 Å². The van der Waals surface area contributed by atoms with Gasteiger partial charge >= 0.3 is 0 Å². The number of halogens is 2. The van der Waals surface area contributed by atoms with Gasteiger partial charge in [-0.1, -0.05) is 54.1 Å². The smallest absolute Gasteiger partial charge is 0.138 e. The normalized spacial score (nSPS) is 15.3. The maximum Gasteiger partial charge on any atom is 0.138 e. The Morgan fingerprint density at radius 1 is 0.966 bits per heavy atom. The van der Waals surface area contributed by atoms with Crippen LogP contribution in [0.15, 0.2) is 66.9 Å². The second-order valence-electron chi connectivity index (χ2n) is 7.62. The molecule has 5 rings (SSSR count). The van der Waals surface area contributed by atoms with E-state index in [4.69, 9.17) is 22.3 Å². The number of fused-ring (bicyclic) bond motifs is 1. The van der Waals surface area contributed by atoms with Crippen molar-refractivity contribution in [1.82, 2.24) is 9.97 Å². The Bertz CT molecular complexity index is 1220. The molecule has 1 aliphatic carbocycles. The highest BCUT2D eigenvalue weighted by Crippen LogP contribution is 2.40. The lowest BCUT2D eigenvalue weighted by molar-refractivity contribution is 0.253. The highest BCUT2D eigenvalue weighted by Gasteiger charge is 2.34. The fourth-order valence-corrected chi connectivity index (χ4v) is 4.18. The summed E-state index contributed by atoms with van der Waals surface area (Å²) in [4.78, 5) is 8.97. The maximum atomic E-state index is 14.7. The molecule has 29 heavy (non-hydrogen) atoms. The molecule has 3 nitrogen and oxygen atoms in total. The molecule has 0 aliphatic heterocycles. The van der Waals surface area contributed by atoms with Crippen LogP contribution < -0.4 is 5.73 Å². The summed E-state index contributed by atoms with van der Waals surface area (Å²) >= 11 is 6.29. The zero-order chi connectivity index (χ0) is 20.0. The summed E-state index contributed by atoms with van der Waals surface area (Å²) < 4.78 is 14.7. The van der Waals surface area contributed by atoms with Crippen molar-refractivity contribution in [2.24, 2.45) is 5.73 Å². The minimum atomic E-state index is -0.304. The van der Waals surface area contributed by atoms with Gasteiger partial charge < -0.3 is 5.73 Å². The number of nitrogens with zero attached hydrogens (tertiary/aromatic N) is 2. The average Bonchev–Trinajstić information content (AvgIpc) is 2.72. The molecule has 5 heteroatoms. The van der Waals surface area contributed by atoms with E-state index in [1.807, 2.05) is 30.3 Å². The predicted molar refractivity (Wildman–Crippen MR) is 115 cm³/mol. The minimum absolute atomic E-state index is 0.219. The molecule has 2 heterocycles. The molecule has 0 amide bonds. The van der Waals surface area contributed by atoms with E-state index in [9.17, 15) is 4.39 Å². The first-order chi connectivity index (χ1) is 14.0. The Kier molecular flexibility index (Phi) is 4.34. The van der Waals surface area contributed by atoms with Crippen LogP contribution in [0.1, 0.15) is 24.8 Å². The third kappa shape index (κ3) is 3.09. The summed E-state index contributed by atoms with van der Waals surface area (Å²) in [6, 6.07) is 18.5. The summed E-state index contributed by atoms with van der Waals surface area (Å²) in [6.45, 7) is 0. The van der Waals surface area contributed by atoms with E-state index >= 15 is 0 Å². The number of nitrogens with two attached hydrogens (primary N) is 1. The van der Waals surface area contributed by atoms with E-state index in [2.05, 4.69) is 17.1 Å². The number of hydrogen-bond acceptors (Lipinski definition) is 3. The van der Waals surface area contributed by atoms with Crippen LogP contribution in [0.4, 0.5) is 4.39 Å². The van der Waals surface area contributed by atoms with Crippen molar-refractivity contribution >= 4 is 22.5 Å². The van der Waals surface area contributed by atoms with Crippen molar-refractivity contribution in [3.8, 4) is 22.4 Å². The molecule has 0 spiro atoms. The molecule has 1 fully saturated rings. The number of pyridine rings is 2. The van der Waals surface area contributed by atoms with Crippen LogP contribution in [0.2, 0.25) is 5.15 Å². The molecule has 1 aliphatic rings. The lowest BCUT2D eigenvalue weighted by atomic mass is 9.72. The van der Waals surface area contributed by atoms with Gasteiger partial charge in [-0.05, 0) is 43.0 Å². The summed E-state index contributed by atoms with van der Waals surface area (Å²) in [5, 5.41) is 1.05. The highest BCUT2D eigenvalue weighted by molar-refractivity contribution is 6.34. The van der Waals surface area contributed by atoms with Gasteiger partial charge in [-0.3, -0.25) is 0 Å². The Balaban J connectivity index is 1.72. The van der Waals surface area contributed by atoms with Crippen LogP contribution in [0.3, 0.4) is 0 Å². The highest BCUT2D eigenvalue weighted by atomic mass is 35.5. The van der Waals surface area contributed by atoms with Crippen molar-refractivity contribution in [3.63, 3.8) is 0 Å². The molecular formula is C24H19ClFN3. The van der Waals surface area contributed by atoms with Gasteiger partial charge in [-0.2, -0.15) is 0 Å². The van der Waals surface area contributed by atoms with Gasteiger partial charge in [0, 0.05) is 33.8 Å². The van der Waals surface area contributed by atoms with E-state index in [0.717, 1.165) is 35.9 Å². The van der Waals surface area contributed by atoms with Crippen molar-refractivity contribution in [3.05, 3.63) is 83.4 Å². The molecule has 0 bridgehead atoms. The van der Waals surface area contributed by atoms with Gasteiger partial charge in [-0.15, -0.1) is 0 Å². The molecule has 0 radical (unpaired) electrons. The van der Waals surface area contributed by atoms with Gasteiger partial charge in [-0.25, -0.2) is 14.4 Å². The molecular weight excluding hydrogens is 385 g/mol. The number of aromatic nitrogens is 2. The lowest BCUT2D eigenvalue weighted by Gasteiger charge is -2.38. The Morgan fingerprint density at radius 3 is 2.41 bits per heavy atom. The molecule has 1 saturated carbocycles. The summed E-state index contributed by atoms with van der Waals surface area (Å²) in [5.74, 6) is -0.304. The molecule has 2 aromatic heterocycles. The summed E-state index contributed by atoms with van der Waals surface area (Å²) in [6.07, 6.45) is 4.80. The fraction of sp³-hybridized carbons (Fsp3) is 0.167. The van der Waals surface area contributed by atoms with Crippen LogP contribution >= 0.6 is 11.6 Å². The fourth-order valence-electron chi connectivity index (χ4n) is 3.97. The topological polar surface area (TPSA) is 51.8 Å². The first-order valence-corrected chi connectivity index (χ1v) is 10.0. The zero-order valence-electron chi connectivity index (χ0n) is 15.7. The standard InChI is InChI=1S/C24H19ClFN3/c25-23-19-14-18(17-4-1-2-5-20(17)26)22(29-21(19)10-13-28-23)15-6-8-16(9-7-15)24(27)11-3-12-24/h1-2,4-10,13-14H,3,11-12,27H2. The Morgan fingerprint density at radius 2 is 1.72 bits per heavy atom. The minimum Gasteiger partial charge on any atom is -0.321 e. The largest absolute Gasteiger partial charge is 0.321 e. The summed E-state index contributed by atoms with van der Waals surface area (Å²) in [5.41, 5.74) is 10.9. The van der Waals surface area contributed by atoms with Gasteiger partial charge in [0.05, 0.1) is 11.2 Å². The van der Waals surface area contributed by atoms with E-state index < -0.39 is 0 Å². The third-order valence-electron chi connectivity index (χ3n) is 5.84.